The first-order valence-electron chi connectivity index (χ1n) is 3.50. The van der Waals surface area contributed by atoms with Crippen LogP contribution < -0.4 is 0 Å². The van der Waals surface area contributed by atoms with Gasteiger partial charge >= 0.3 is 0 Å². The molecule has 0 spiro atoms. The zero-order valence-electron chi connectivity index (χ0n) is 6.10. The Hall–Kier alpha value is -0.235. The van der Waals surface area contributed by atoms with Gasteiger partial charge in [0, 0.05) is 5.33 Å². The SMILES string of the molecule is BCc1cccc(CBr)c1. The van der Waals surface area contributed by atoms with E-state index in [1.165, 1.54) is 11.1 Å². The van der Waals surface area contributed by atoms with E-state index >= 15 is 0 Å². The Bertz CT molecular complexity index is 191. The molecule has 1 aromatic carbocycles. The summed E-state index contributed by atoms with van der Waals surface area (Å²) in [7, 11) is 2.17. The number of halogens is 1. The molecule has 0 fully saturated rings. The fourth-order valence-corrected chi connectivity index (χ4v) is 1.28. The molecular weight excluding hydrogens is 187 g/mol. The molecule has 2 heteroatoms. The van der Waals surface area contributed by atoms with Crippen LogP contribution in [0.1, 0.15) is 11.1 Å². The van der Waals surface area contributed by atoms with Crippen LogP contribution in [-0.4, -0.2) is 7.85 Å². The normalized spacial score (nSPS) is 9.70. The Labute approximate surface area is 71.2 Å². The number of benzene rings is 1. The minimum Gasteiger partial charge on any atom is -0.0876 e. The van der Waals surface area contributed by atoms with Crippen molar-refractivity contribution in [1.29, 1.82) is 0 Å². The van der Waals surface area contributed by atoms with Gasteiger partial charge < -0.3 is 0 Å². The van der Waals surface area contributed by atoms with Gasteiger partial charge in [-0.15, -0.1) is 0 Å². The second-order valence-corrected chi connectivity index (χ2v) is 2.87. The molecule has 1 rings (SSSR count). The molecule has 1 aromatic rings. The molecule has 0 aromatic heterocycles. The lowest BCUT2D eigenvalue weighted by molar-refractivity contribution is 1.33. The van der Waals surface area contributed by atoms with Gasteiger partial charge in [-0.05, 0) is 5.56 Å². The highest BCUT2D eigenvalue weighted by molar-refractivity contribution is 9.08. The molecule has 0 saturated carbocycles. The number of alkyl halides is 1. The zero-order valence-corrected chi connectivity index (χ0v) is 7.69. The summed E-state index contributed by atoms with van der Waals surface area (Å²) in [5.74, 6) is 0. The van der Waals surface area contributed by atoms with Crippen LogP contribution in [0.3, 0.4) is 0 Å². The van der Waals surface area contributed by atoms with E-state index in [1.807, 2.05) is 0 Å². The fourth-order valence-electron chi connectivity index (χ4n) is 0.933. The Morgan fingerprint density at radius 2 is 2.00 bits per heavy atom. The van der Waals surface area contributed by atoms with Gasteiger partial charge in [0.15, 0.2) is 0 Å². The van der Waals surface area contributed by atoms with Crippen LogP contribution in [0.25, 0.3) is 0 Å². The maximum Gasteiger partial charge on any atom is 0.107 e. The predicted octanol–water partition coefficient (Wildman–Crippen LogP) is 1.71. The van der Waals surface area contributed by atoms with Crippen molar-refractivity contribution in [1.82, 2.24) is 0 Å². The van der Waals surface area contributed by atoms with Crippen LogP contribution in [0.2, 0.25) is 0 Å². The first-order chi connectivity index (χ1) is 4.86. The molecule has 0 aliphatic carbocycles. The summed E-state index contributed by atoms with van der Waals surface area (Å²) >= 11 is 3.42. The first-order valence-corrected chi connectivity index (χ1v) is 4.62. The molecule has 0 nitrogen and oxygen atoms in total. The summed E-state index contributed by atoms with van der Waals surface area (Å²) in [6.07, 6.45) is 1.13. The third-order valence-electron chi connectivity index (χ3n) is 1.55. The number of hydrogen-bond donors (Lipinski definition) is 0. The average Bonchev–Trinajstić information content (AvgIpc) is 2.05. The monoisotopic (exact) mass is 196 g/mol. The van der Waals surface area contributed by atoms with Gasteiger partial charge in [0.2, 0.25) is 0 Å². The average molecular weight is 197 g/mol. The van der Waals surface area contributed by atoms with Gasteiger partial charge in [0.05, 0.1) is 0 Å². The highest BCUT2D eigenvalue weighted by atomic mass is 79.9. The quantitative estimate of drug-likeness (QED) is 0.500. The van der Waals surface area contributed by atoms with E-state index in [4.69, 9.17) is 0 Å². The molecule has 0 atom stereocenters. The van der Waals surface area contributed by atoms with E-state index in [0.717, 1.165) is 11.7 Å². The summed E-state index contributed by atoms with van der Waals surface area (Å²) in [5, 5.41) is 0.959. The second-order valence-electron chi connectivity index (χ2n) is 2.31. The Kier molecular flexibility index (Phi) is 3.00. The molecule has 0 unspecified atom stereocenters. The Balaban J connectivity index is 2.87. The molecule has 10 heavy (non-hydrogen) atoms. The van der Waals surface area contributed by atoms with Crippen molar-refractivity contribution in [3.63, 3.8) is 0 Å². The molecule has 0 aliphatic rings. The third kappa shape index (κ3) is 1.88. The van der Waals surface area contributed by atoms with E-state index in [0.29, 0.717) is 0 Å². The summed E-state index contributed by atoms with van der Waals surface area (Å²) in [5.41, 5.74) is 2.77. The summed E-state index contributed by atoms with van der Waals surface area (Å²) in [6.45, 7) is 0. The van der Waals surface area contributed by atoms with Crippen molar-refractivity contribution in [2.24, 2.45) is 0 Å². The molecule has 0 saturated heterocycles. The summed E-state index contributed by atoms with van der Waals surface area (Å²) in [4.78, 5) is 0. The van der Waals surface area contributed by atoms with Gasteiger partial charge in [0.1, 0.15) is 7.85 Å². The van der Waals surface area contributed by atoms with Crippen molar-refractivity contribution in [2.75, 3.05) is 0 Å². The van der Waals surface area contributed by atoms with Gasteiger partial charge in [-0.25, -0.2) is 0 Å². The van der Waals surface area contributed by atoms with E-state index in [1.54, 1.807) is 0 Å². The van der Waals surface area contributed by atoms with Crippen molar-refractivity contribution >= 4 is 23.8 Å². The van der Waals surface area contributed by atoms with Crippen LogP contribution in [0, 0.1) is 0 Å². The lowest BCUT2D eigenvalue weighted by Crippen LogP contribution is -1.84. The molecular formula is C8H10BBr. The highest BCUT2D eigenvalue weighted by Crippen LogP contribution is 2.07. The van der Waals surface area contributed by atoms with Gasteiger partial charge in [-0.2, -0.15) is 0 Å². The van der Waals surface area contributed by atoms with E-state index in [9.17, 15) is 0 Å². The molecule has 0 N–H and O–H groups in total. The first kappa shape index (κ1) is 7.87. The Morgan fingerprint density at radius 3 is 2.60 bits per heavy atom. The van der Waals surface area contributed by atoms with Crippen molar-refractivity contribution in [2.45, 2.75) is 11.7 Å². The molecule has 0 heterocycles. The number of rotatable bonds is 2. The van der Waals surface area contributed by atoms with E-state index in [2.05, 4.69) is 48.0 Å². The van der Waals surface area contributed by atoms with Crippen LogP contribution in [0.15, 0.2) is 24.3 Å². The minimum absolute atomic E-state index is 0.959. The van der Waals surface area contributed by atoms with Gasteiger partial charge in [-0.1, -0.05) is 52.1 Å². The fraction of sp³-hybridized carbons (Fsp3) is 0.250. The highest BCUT2D eigenvalue weighted by Gasteiger charge is 1.90. The minimum atomic E-state index is 0.959. The predicted molar refractivity (Wildman–Crippen MR) is 51.3 cm³/mol. The molecule has 0 aliphatic heterocycles. The standard InChI is InChI=1S/C8H10BBr/c9-5-7-2-1-3-8(4-7)6-10/h1-4H,5-6,9H2. The number of hydrogen-bond acceptors (Lipinski definition) is 0. The van der Waals surface area contributed by atoms with Crippen LogP contribution in [-0.2, 0) is 11.7 Å². The third-order valence-corrected chi connectivity index (χ3v) is 2.20. The van der Waals surface area contributed by atoms with Crippen molar-refractivity contribution in [3.8, 4) is 0 Å². The second kappa shape index (κ2) is 3.82. The van der Waals surface area contributed by atoms with Crippen molar-refractivity contribution < 1.29 is 0 Å². The maximum absolute atomic E-state index is 3.42. The topological polar surface area (TPSA) is 0 Å². The van der Waals surface area contributed by atoms with Crippen LogP contribution in [0.5, 0.6) is 0 Å². The van der Waals surface area contributed by atoms with E-state index in [-0.39, 0.29) is 0 Å². The molecule has 0 radical (unpaired) electrons. The lowest BCUT2D eigenvalue weighted by Gasteiger charge is -1.97. The van der Waals surface area contributed by atoms with Crippen LogP contribution in [0.4, 0.5) is 0 Å². The zero-order chi connectivity index (χ0) is 7.40. The van der Waals surface area contributed by atoms with Gasteiger partial charge in [0.25, 0.3) is 0 Å². The maximum atomic E-state index is 3.42. The van der Waals surface area contributed by atoms with Crippen molar-refractivity contribution in [3.05, 3.63) is 35.4 Å². The van der Waals surface area contributed by atoms with Crippen LogP contribution >= 0.6 is 15.9 Å². The lowest BCUT2D eigenvalue weighted by atomic mass is 9.96. The summed E-state index contributed by atoms with van der Waals surface area (Å²) < 4.78 is 0. The summed E-state index contributed by atoms with van der Waals surface area (Å²) in [6, 6.07) is 8.63. The largest absolute Gasteiger partial charge is 0.107 e. The molecule has 0 amide bonds. The smallest absolute Gasteiger partial charge is 0.0876 e. The molecule has 52 valence electrons. The van der Waals surface area contributed by atoms with E-state index < -0.39 is 0 Å². The van der Waals surface area contributed by atoms with Gasteiger partial charge in [-0.3, -0.25) is 0 Å². The Morgan fingerprint density at radius 1 is 1.30 bits per heavy atom. The molecule has 0 bridgehead atoms.